The SMILES string of the molecule is C=C(C)C(=O)OC.C=C(C)C(=O)OCCN=C=O.C=CC(=O)OCC. The highest BCUT2D eigenvalue weighted by molar-refractivity contribution is 5.87. The molecule has 0 aromatic rings. The Kier molecular flexibility index (Phi) is 20.5. The Morgan fingerprint density at radius 3 is 1.84 bits per heavy atom. The second-order valence-corrected chi connectivity index (χ2v) is 4.12. The number of methoxy groups -OCH3 is 1. The van der Waals surface area contributed by atoms with Crippen molar-refractivity contribution in [3.8, 4) is 0 Å². The fourth-order valence-corrected chi connectivity index (χ4v) is 0.728. The molecule has 0 heterocycles. The topological polar surface area (TPSA) is 108 Å². The summed E-state index contributed by atoms with van der Waals surface area (Å²) in [6.45, 7) is 15.5. The third kappa shape index (κ3) is 23.4. The van der Waals surface area contributed by atoms with Gasteiger partial charge in [0.05, 0.1) is 20.3 Å². The lowest BCUT2D eigenvalue weighted by Gasteiger charge is -1.99. The van der Waals surface area contributed by atoms with Crippen LogP contribution in [-0.2, 0) is 33.4 Å². The standard InChI is InChI=1S/C7H9NO3.2C5H8O2/c1-6(2)7(10)11-4-3-8-5-9;1-4(2)5(6)7-3;1-3-5(6)7-4-2/h1,3-4H2,2H3;1H2,2-3H3;3H,1,4H2,2H3. The second kappa shape index (κ2) is 19.1. The van der Waals surface area contributed by atoms with Crippen LogP contribution in [0, 0.1) is 0 Å². The average Bonchev–Trinajstić information content (AvgIpc) is 2.58. The Morgan fingerprint density at radius 2 is 1.60 bits per heavy atom. The Labute approximate surface area is 147 Å². The minimum Gasteiger partial charge on any atom is -0.466 e. The van der Waals surface area contributed by atoms with Crippen LogP contribution in [0.1, 0.15) is 20.8 Å². The number of esters is 3. The van der Waals surface area contributed by atoms with E-state index in [0.717, 1.165) is 6.08 Å². The molecule has 0 aliphatic rings. The first kappa shape index (κ1) is 26.9. The highest BCUT2D eigenvalue weighted by atomic mass is 16.5. The number of isocyanates is 1. The van der Waals surface area contributed by atoms with Gasteiger partial charge in [0.2, 0.25) is 6.08 Å². The van der Waals surface area contributed by atoms with E-state index in [2.05, 4.69) is 38.9 Å². The maximum absolute atomic E-state index is 10.6. The van der Waals surface area contributed by atoms with Gasteiger partial charge >= 0.3 is 17.9 Å². The number of carbonyl (C=O) groups excluding carboxylic acids is 4. The predicted octanol–water partition coefficient (Wildman–Crippen LogP) is 1.91. The van der Waals surface area contributed by atoms with Gasteiger partial charge in [-0.05, 0) is 20.8 Å². The third-order valence-electron chi connectivity index (χ3n) is 1.84. The molecule has 0 unspecified atom stereocenters. The molecule has 0 fully saturated rings. The van der Waals surface area contributed by atoms with Crippen LogP contribution >= 0.6 is 0 Å². The summed E-state index contributed by atoms with van der Waals surface area (Å²) in [5, 5.41) is 0. The predicted molar refractivity (Wildman–Crippen MR) is 92.4 cm³/mol. The molecular formula is C17H25NO7. The molecule has 0 atom stereocenters. The summed E-state index contributed by atoms with van der Waals surface area (Å²) < 4.78 is 13.3. The fraction of sp³-hybridized carbons (Fsp3) is 0.412. The van der Waals surface area contributed by atoms with Crippen LogP contribution in [0.4, 0.5) is 0 Å². The zero-order valence-corrected chi connectivity index (χ0v) is 15.1. The molecule has 0 N–H and O–H groups in total. The van der Waals surface area contributed by atoms with E-state index in [1.165, 1.54) is 13.2 Å². The minimum atomic E-state index is -0.467. The van der Waals surface area contributed by atoms with Gasteiger partial charge in [0, 0.05) is 17.2 Å². The largest absolute Gasteiger partial charge is 0.466 e. The summed E-state index contributed by atoms with van der Waals surface area (Å²) in [4.78, 5) is 43.6. The van der Waals surface area contributed by atoms with Gasteiger partial charge in [0.25, 0.3) is 0 Å². The van der Waals surface area contributed by atoms with Crippen molar-refractivity contribution in [2.24, 2.45) is 4.99 Å². The van der Waals surface area contributed by atoms with E-state index in [0.29, 0.717) is 17.8 Å². The van der Waals surface area contributed by atoms with E-state index in [9.17, 15) is 19.2 Å². The van der Waals surface area contributed by atoms with Gasteiger partial charge in [-0.2, -0.15) is 0 Å². The Morgan fingerprint density at radius 1 is 1.08 bits per heavy atom. The molecule has 0 spiro atoms. The van der Waals surface area contributed by atoms with Crippen molar-refractivity contribution in [1.82, 2.24) is 0 Å². The quantitative estimate of drug-likeness (QED) is 0.171. The van der Waals surface area contributed by atoms with Gasteiger partial charge in [0.1, 0.15) is 6.61 Å². The maximum atomic E-state index is 10.6. The van der Waals surface area contributed by atoms with Crippen LogP contribution in [0.5, 0.6) is 0 Å². The van der Waals surface area contributed by atoms with Crippen LogP contribution in [0.15, 0.2) is 42.0 Å². The van der Waals surface area contributed by atoms with E-state index in [-0.39, 0.29) is 25.1 Å². The number of hydrogen-bond donors (Lipinski definition) is 0. The zero-order valence-electron chi connectivity index (χ0n) is 15.1. The molecule has 140 valence electrons. The summed E-state index contributed by atoms with van der Waals surface area (Å²) in [7, 11) is 1.33. The van der Waals surface area contributed by atoms with Crippen molar-refractivity contribution in [2.45, 2.75) is 20.8 Å². The fourth-order valence-electron chi connectivity index (χ4n) is 0.728. The van der Waals surface area contributed by atoms with Crippen LogP contribution in [0.2, 0.25) is 0 Å². The lowest BCUT2D eigenvalue weighted by atomic mass is 10.4. The minimum absolute atomic E-state index is 0.0981. The first-order valence-electron chi connectivity index (χ1n) is 7.07. The van der Waals surface area contributed by atoms with Crippen molar-refractivity contribution in [3.05, 3.63) is 37.0 Å². The molecule has 0 aliphatic heterocycles. The van der Waals surface area contributed by atoms with E-state index in [1.807, 2.05) is 0 Å². The summed E-state index contributed by atoms with van der Waals surface area (Å²) in [6, 6.07) is 0. The van der Waals surface area contributed by atoms with E-state index in [4.69, 9.17) is 0 Å². The first-order chi connectivity index (χ1) is 11.7. The molecule has 0 amide bonds. The van der Waals surface area contributed by atoms with Gasteiger partial charge in [-0.3, -0.25) is 0 Å². The summed E-state index contributed by atoms with van der Waals surface area (Å²) in [5.74, 6) is -1.17. The normalized spacial score (nSPS) is 7.84. The lowest BCUT2D eigenvalue weighted by Crippen LogP contribution is -2.07. The smallest absolute Gasteiger partial charge is 0.333 e. The molecular weight excluding hydrogens is 330 g/mol. The lowest BCUT2D eigenvalue weighted by molar-refractivity contribution is -0.139. The van der Waals surface area contributed by atoms with Gasteiger partial charge in [-0.1, -0.05) is 19.7 Å². The number of hydrogen-bond acceptors (Lipinski definition) is 8. The molecule has 0 bridgehead atoms. The molecule has 0 rings (SSSR count). The van der Waals surface area contributed by atoms with Crippen molar-refractivity contribution >= 4 is 24.0 Å². The van der Waals surface area contributed by atoms with E-state index >= 15 is 0 Å². The van der Waals surface area contributed by atoms with Crippen molar-refractivity contribution in [3.63, 3.8) is 0 Å². The third-order valence-corrected chi connectivity index (χ3v) is 1.84. The number of nitrogens with zero attached hydrogens (tertiary/aromatic N) is 1. The zero-order chi connectivity index (χ0) is 20.3. The van der Waals surface area contributed by atoms with Crippen molar-refractivity contribution in [2.75, 3.05) is 26.9 Å². The summed E-state index contributed by atoms with van der Waals surface area (Å²) >= 11 is 0. The molecule has 25 heavy (non-hydrogen) atoms. The average molecular weight is 355 g/mol. The van der Waals surface area contributed by atoms with Gasteiger partial charge < -0.3 is 14.2 Å². The number of aliphatic imine (C=N–C) groups is 1. The van der Waals surface area contributed by atoms with Crippen LogP contribution in [0.3, 0.4) is 0 Å². The molecule has 0 aromatic heterocycles. The Bertz CT molecular complexity index is 515. The van der Waals surface area contributed by atoms with Crippen LogP contribution in [-0.4, -0.2) is 50.9 Å². The molecule has 0 aliphatic carbocycles. The van der Waals surface area contributed by atoms with E-state index in [1.54, 1.807) is 20.8 Å². The molecule has 8 nitrogen and oxygen atoms in total. The van der Waals surface area contributed by atoms with Gasteiger partial charge in [-0.25, -0.2) is 24.2 Å². The first-order valence-corrected chi connectivity index (χ1v) is 7.07. The van der Waals surface area contributed by atoms with Gasteiger partial charge in [-0.15, -0.1) is 0 Å². The van der Waals surface area contributed by atoms with Gasteiger partial charge in [0.15, 0.2) is 0 Å². The van der Waals surface area contributed by atoms with E-state index < -0.39 is 5.97 Å². The number of carbonyl (C=O) groups is 3. The molecule has 0 aromatic carbocycles. The highest BCUT2D eigenvalue weighted by Gasteiger charge is 2.00. The molecule has 0 radical (unpaired) electrons. The van der Waals surface area contributed by atoms with Crippen molar-refractivity contribution in [1.29, 1.82) is 0 Å². The van der Waals surface area contributed by atoms with Crippen molar-refractivity contribution < 1.29 is 33.4 Å². The molecule has 0 saturated carbocycles. The summed E-state index contributed by atoms with van der Waals surface area (Å²) in [5.41, 5.74) is 0.766. The molecule has 0 saturated heterocycles. The maximum Gasteiger partial charge on any atom is 0.333 e. The van der Waals surface area contributed by atoms with Crippen LogP contribution in [0.25, 0.3) is 0 Å². The highest BCUT2D eigenvalue weighted by Crippen LogP contribution is 1.90. The number of ether oxygens (including phenoxy) is 3. The van der Waals surface area contributed by atoms with Crippen LogP contribution < -0.4 is 0 Å². The summed E-state index contributed by atoms with van der Waals surface area (Å²) in [6.07, 6.45) is 2.47. The Balaban J connectivity index is -0.000000304. The monoisotopic (exact) mass is 355 g/mol. The number of rotatable bonds is 7. The Hall–Kier alpha value is -2.99. The molecule has 8 heteroatoms. The second-order valence-electron chi connectivity index (χ2n) is 4.12.